The number of aryl methyl sites for hydroxylation is 1. The fraction of sp³-hybridized carbons (Fsp3) is 0.0968. The highest BCUT2D eigenvalue weighted by Gasteiger charge is 2.18. The summed E-state index contributed by atoms with van der Waals surface area (Å²) < 4.78 is 11.3. The summed E-state index contributed by atoms with van der Waals surface area (Å²) in [5, 5.41) is 9.10. The lowest BCUT2D eigenvalue weighted by atomic mass is 10.1. The lowest BCUT2D eigenvalue weighted by Crippen LogP contribution is -2.33. The summed E-state index contributed by atoms with van der Waals surface area (Å²) >= 11 is 0. The van der Waals surface area contributed by atoms with Crippen molar-refractivity contribution in [1.29, 1.82) is 0 Å². The Hall–Kier alpha value is -5.44. The maximum Gasteiger partial charge on any atom is 0.329 e. The molecule has 4 aromatic carbocycles. The quantitative estimate of drug-likeness (QED) is 0.159. The average Bonchev–Trinajstić information content (AvgIpc) is 2.98. The molecule has 0 aromatic heterocycles. The topological polar surface area (TPSA) is 118 Å². The first kappa shape index (κ1) is 27.6. The monoisotopic (exact) mass is 536 g/mol. The van der Waals surface area contributed by atoms with Crippen LogP contribution in [0.2, 0.25) is 0 Å². The fourth-order valence-corrected chi connectivity index (χ4v) is 3.64. The zero-order valence-corrected chi connectivity index (χ0v) is 22.0. The van der Waals surface area contributed by atoms with Gasteiger partial charge in [0.25, 0.3) is 5.91 Å². The number of carbonyl (C=O) groups is 3. The number of benzene rings is 4. The summed E-state index contributed by atoms with van der Waals surface area (Å²) in [6.07, 6.45) is 1.37. The van der Waals surface area contributed by atoms with E-state index >= 15 is 0 Å². The van der Waals surface area contributed by atoms with Gasteiger partial charge in [-0.2, -0.15) is 5.10 Å². The lowest BCUT2D eigenvalue weighted by Gasteiger charge is -2.11. The third-order valence-corrected chi connectivity index (χ3v) is 5.74. The van der Waals surface area contributed by atoms with E-state index in [4.69, 9.17) is 9.47 Å². The fourth-order valence-electron chi connectivity index (χ4n) is 3.64. The van der Waals surface area contributed by atoms with Crippen molar-refractivity contribution in [3.8, 4) is 11.5 Å². The number of ether oxygens (including phenoxy) is 2. The first-order chi connectivity index (χ1) is 19.4. The number of para-hydroxylation sites is 1. The van der Waals surface area contributed by atoms with Crippen LogP contribution >= 0.6 is 0 Å². The number of nitrogens with zero attached hydrogens (tertiary/aromatic N) is 1. The van der Waals surface area contributed by atoms with E-state index in [9.17, 15) is 14.4 Å². The minimum absolute atomic E-state index is 0.187. The largest absolute Gasteiger partial charge is 0.493 e. The molecule has 0 saturated heterocycles. The molecule has 0 bridgehead atoms. The summed E-state index contributed by atoms with van der Waals surface area (Å²) in [7, 11) is 1.52. The van der Waals surface area contributed by atoms with Gasteiger partial charge >= 0.3 is 11.8 Å². The van der Waals surface area contributed by atoms with Crippen LogP contribution in [0.15, 0.2) is 102 Å². The number of amides is 3. The van der Waals surface area contributed by atoms with Crippen LogP contribution in [0, 0.1) is 6.92 Å². The predicted octanol–water partition coefficient (Wildman–Crippen LogP) is 4.92. The van der Waals surface area contributed by atoms with Gasteiger partial charge in [0.15, 0.2) is 11.5 Å². The molecule has 9 heteroatoms. The maximum atomic E-state index is 12.8. The molecular formula is C31H28N4O5. The maximum absolute atomic E-state index is 12.8. The summed E-state index contributed by atoms with van der Waals surface area (Å²) in [4.78, 5) is 37.6. The molecule has 3 N–H and O–H groups in total. The molecule has 0 heterocycles. The number of anilines is 2. The second kappa shape index (κ2) is 13.4. The first-order valence-corrected chi connectivity index (χ1v) is 12.4. The Kier molecular flexibility index (Phi) is 9.23. The number of nitrogens with one attached hydrogen (secondary N) is 3. The standard InChI is InChI=1S/C31H28N4O5/c1-21-12-15-24(16-13-21)33-29(36)25-10-6-7-11-26(25)34-30(37)31(38)35-32-19-23-14-17-27(28(18-23)39-2)40-20-22-8-4-3-5-9-22/h3-19H,20H2,1-2H3,(H,33,36)(H,34,37)(H,35,38)/b32-19-. The van der Waals surface area contributed by atoms with Gasteiger partial charge in [-0.3, -0.25) is 14.4 Å². The summed E-state index contributed by atoms with van der Waals surface area (Å²) in [6.45, 7) is 2.33. The van der Waals surface area contributed by atoms with Crippen LogP contribution < -0.4 is 25.5 Å². The highest BCUT2D eigenvalue weighted by molar-refractivity contribution is 6.40. The molecule has 0 unspecified atom stereocenters. The van der Waals surface area contributed by atoms with Crippen LogP contribution in [0.5, 0.6) is 11.5 Å². The van der Waals surface area contributed by atoms with Crippen LogP contribution in [-0.2, 0) is 16.2 Å². The number of methoxy groups -OCH3 is 1. The Morgan fingerprint density at radius 3 is 2.27 bits per heavy atom. The Bertz CT molecular complexity index is 1520. The molecule has 202 valence electrons. The van der Waals surface area contributed by atoms with Crippen molar-refractivity contribution in [3.63, 3.8) is 0 Å². The molecule has 3 amide bonds. The Balaban J connectivity index is 1.34. The summed E-state index contributed by atoms with van der Waals surface area (Å²) in [5.74, 6) is -1.36. The molecule has 0 atom stereocenters. The van der Waals surface area contributed by atoms with Gasteiger partial charge in [-0.25, -0.2) is 5.43 Å². The summed E-state index contributed by atoms with van der Waals surface area (Å²) in [6, 6.07) is 28.6. The third-order valence-electron chi connectivity index (χ3n) is 5.74. The minimum atomic E-state index is -1.00. The van der Waals surface area contributed by atoms with Gasteiger partial charge in [0.2, 0.25) is 0 Å². The van der Waals surface area contributed by atoms with Gasteiger partial charge in [-0.05, 0) is 60.5 Å². The molecule has 0 saturated carbocycles. The second-order valence-electron chi connectivity index (χ2n) is 8.70. The van der Waals surface area contributed by atoms with Crippen LogP contribution in [0.1, 0.15) is 27.0 Å². The molecule has 40 heavy (non-hydrogen) atoms. The van der Waals surface area contributed by atoms with Gasteiger partial charge in [0.1, 0.15) is 6.61 Å². The molecule has 0 aliphatic rings. The van der Waals surface area contributed by atoms with E-state index < -0.39 is 17.7 Å². The highest BCUT2D eigenvalue weighted by Crippen LogP contribution is 2.28. The second-order valence-corrected chi connectivity index (χ2v) is 8.70. The van der Waals surface area contributed by atoms with Crippen molar-refractivity contribution >= 4 is 35.3 Å². The van der Waals surface area contributed by atoms with Crippen molar-refractivity contribution in [2.45, 2.75) is 13.5 Å². The van der Waals surface area contributed by atoms with E-state index in [1.807, 2.05) is 49.4 Å². The zero-order valence-electron chi connectivity index (χ0n) is 22.0. The number of rotatable bonds is 9. The van der Waals surface area contributed by atoms with Gasteiger partial charge in [-0.1, -0.05) is 60.2 Å². The van der Waals surface area contributed by atoms with Crippen molar-refractivity contribution in [1.82, 2.24) is 5.43 Å². The Morgan fingerprint density at radius 2 is 1.52 bits per heavy atom. The minimum Gasteiger partial charge on any atom is -0.493 e. The van der Waals surface area contributed by atoms with Crippen LogP contribution in [0.25, 0.3) is 0 Å². The van der Waals surface area contributed by atoms with E-state index in [0.29, 0.717) is 29.4 Å². The molecule has 4 aromatic rings. The van der Waals surface area contributed by atoms with Crippen molar-refractivity contribution in [2.75, 3.05) is 17.7 Å². The molecular weight excluding hydrogens is 508 g/mol. The number of hydrazone groups is 1. The smallest absolute Gasteiger partial charge is 0.329 e. The molecule has 0 radical (unpaired) electrons. The van der Waals surface area contributed by atoms with Crippen LogP contribution in [0.3, 0.4) is 0 Å². The van der Waals surface area contributed by atoms with Gasteiger partial charge in [0, 0.05) is 5.69 Å². The summed E-state index contributed by atoms with van der Waals surface area (Å²) in [5.41, 5.74) is 5.88. The highest BCUT2D eigenvalue weighted by atomic mass is 16.5. The molecule has 0 aliphatic heterocycles. The van der Waals surface area contributed by atoms with E-state index in [0.717, 1.165) is 11.1 Å². The number of hydrogen-bond acceptors (Lipinski definition) is 6. The van der Waals surface area contributed by atoms with Gasteiger partial charge in [-0.15, -0.1) is 0 Å². The van der Waals surface area contributed by atoms with Gasteiger partial charge in [0.05, 0.1) is 24.6 Å². The van der Waals surface area contributed by atoms with Gasteiger partial charge < -0.3 is 20.1 Å². The SMILES string of the molecule is COc1cc(/C=N\NC(=O)C(=O)Nc2ccccc2C(=O)Nc2ccc(C)cc2)ccc1OCc1ccccc1. The molecule has 0 fully saturated rings. The predicted molar refractivity (Wildman–Crippen MR) is 154 cm³/mol. The lowest BCUT2D eigenvalue weighted by molar-refractivity contribution is -0.136. The van der Waals surface area contributed by atoms with Crippen LogP contribution in [-0.4, -0.2) is 31.0 Å². The number of carbonyl (C=O) groups excluding carboxylic acids is 3. The van der Waals surface area contributed by atoms with E-state index in [1.165, 1.54) is 19.4 Å². The third kappa shape index (κ3) is 7.55. The van der Waals surface area contributed by atoms with E-state index in [-0.39, 0.29) is 11.3 Å². The molecule has 4 rings (SSSR count). The molecule has 9 nitrogen and oxygen atoms in total. The first-order valence-electron chi connectivity index (χ1n) is 12.4. The normalized spacial score (nSPS) is 10.6. The van der Waals surface area contributed by atoms with Crippen molar-refractivity contribution < 1.29 is 23.9 Å². The van der Waals surface area contributed by atoms with E-state index in [2.05, 4.69) is 21.2 Å². The van der Waals surface area contributed by atoms with E-state index in [1.54, 1.807) is 48.5 Å². The van der Waals surface area contributed by atoms with Crippen molar-refractivity contribution in [2.24, 2.45) is 5.10 Å². The Morgan fingerprint density at radius 1 is 0.800 bits per heavy atom. The van der Waals surface area contributed by atoms with Crippen molar-refractivity contribution in [3.05, 3.63) is 119 Å². The zero-order chi connectivity index (χ0) is 28.3. The average molecular weight is 537 g/mol. The Labute approximate surface area is 231 Å². The van der Waals surface area contributed by atoms with Crippen LogP contribution in [0.4, 0.5) is 11.4 Å². The number of hydrogen-bond donors (Lipinski definition) is 3. The molecule has 0 spiro atoms. The molecule has 0 aliphatic carbocycles.